The first-order valence-electron chi connectivity index (χ1n) is 8.94. The third-order valence-corrected chi connectivity index (χ3v) is 5.60. The molecule has 5 aliphatic rings. The number of Topliss-reactive ketones (excluding diaryl/α,β-unsaturated/α-hetero) is 2. The monoisotopic (exact) mass is 342 g/mol. The van der Waals surface area contributed by atoms with Crippen molar-refractivity contribution in [2.24, 2.45) is 21.8 Å². The average molecular weight is 342 g/mol. The van der Waals surface area contributed by atoms with Gasteiger partial charge in [0.05, 0.1) is 34.7 Å². The van der Waals surface area contributed by atoms with Gasteiger partial charge >= 0.3 is 0 Å². The summed E-state index contributed by atoms with van der Waals surface area (Å²) in [5.41, 5.74) is 6.66. The largest absolute Gasteiger partial charge is 0.293 e. The van der Waals surface area contributed by atoms with Crippen LogP contribution in [0, 0.1) is 11.8 Å². The fourth-order valence-electron chi connectivity index (χ4n) is 4.19. The van der Waals surface area contributed by atoms with E-state index in [1.807, 2.05) is 50.3 Å². The minimum atomic E-state index is -0.291. The van der Waals surface area contributed by atoms with Gasteiger partial charge in [-0.2, -0.15) is 0 Å². The van der Waals surface area contributed by atoms with Crippen molar-refractivity contribution in [3.63, 3.8) is 0 Å². The fourth-order valence-corrected chi connectivity index (χ4v) is 4.19. The number of hydrogen-bond acceptors (Lipinski definition) is 4. The molecule has 2 atom stereocenters. The molecule has 0 spiro atoms. The van der Waals surface area contributed by atoms with Crippen molar-refractivity contribution in [2.45, 2.75) is 26.7 Å². The summed E-state index contributed by atoms with van der Waals surface area (Å²) in [6, 6.07) is 0. The van der Waals surface area contributed by atoms with E-state index in [0.29, 0.717) is 12.8 Å². The van der Waals surface area contributed by atoms with Gasteiger partial charge in [-0.3, -0.25) is 19.6 Å². The van der Waals surface area contributed by atoms with Crippen molar-refractivity contribution in [1.29, 1.82) is 0 Å². The second-order valence-electron chi connectivity index (χ2n) is 7.45. The van der Waals surface area contributed by atoms with Crippen molar-refractivity contribution in [3.8, 4) is 0 Å². The lowest BCUT2D eigenvalue weighted by atomic mass is 9.76. The van der Waals surface area contributed by atoms with Gasteiger partial charge in [0.15, 0.2) is 11.6 Å². The molecule has 0 radical (unpaired) electrons. The summed E-state index contributed by atoms with van der Waals surface area (Å²) in [5.74, 6) is -0.378. The van der Waals surface area contributed by atoms with Gasteiger partial charge in [-0.25, -0.2) is 0 Å². The molecule has 26 heavy (non-hydrogen) atoms. The van der Waals surface area contributed by atoms with Gasteiger partial charge in [-0.15, -0.1) is 0 Å². The van der Waals surface area contributed by atoms with E-state index in [9.17, 15) is 9.59 Å². The van der Waals surface area contributed by atoms with Crippen LogP contribution in [-0.2, 0) is 9.59 Å². The van der Waals surface area contributed by atoms with Gasteiger partial charge < -0.3 is 0 Å². The molecule has 0 N–H and O–H groups in total. The summed E-state index contributed by atoms with van der Waals surface area (Å²) in [6.45, 7) is 3.98. The Hall–Kier alpha value is -2.88. The molecule has 128 valence electrons. The molecule has 0 bridgehead atoms. The fraction of sp³-hybridized carbons (Fsp3) is 0.273. The minimum absolute atomic E-state index is 0.102. The van der Waals surface area contributed by atoms with Gasteiger partial charge in [0, 0.05) is 24.0 Å². The summed E-state index contributed by atoms with van der Waals surface area (Å²) in [5, 5.41) is 0. The SMILES string of the molecule is CC1=CC2C(=O)C3=C(CC4=C(C3)N=C3C=CC(C)=CC3C4=O)N=C2C=C1. The highest BCUT2D eigenvalue weighted by molar-refractivity contribution is 6.23. The Labute approximate surface area is 151 Å². The van der Waals surface area contributed by atoms with Crippen LogP contribution in [0.4, 0.5) is 0 Å². The average Bonchev–Trinajstić information content (AvgIpc) is 2.63. The standard InChI is InChI=1S/C22H18N2O2/c1-11-3-5-17-13(7-11)21(25)15-9-20-16(10-19(15)23-17)22(26)14-8-12(2)4-6-18(14)24-20/h3-8,13-14H,9-10H2,1-2H3. The Morgan fingerprint density at radius 3 is 1.58 bits per heavy atom. The summed E-state index contributed by atoms with van der Waals surface area (Å²) in [4.78, 5) is 35.5. The molecular weight excluding hydrogens is 324 g/mol. The lowest BCUT2D eigenvalue weighted by Crippen LogP contribution is -2.34. The van der Waals surface area contributed by atoms with Crippen LogP contribution in [-0.4, -0.2) is 23.0 Å². The van der Waals surface area contributed by atoms with Crippen molar-refractivity contribution in [1.82, 2.24) is 0 Å². The zero-order valence-corrected chi connectivity index (χ0v) is 14.7. The number of carbonyl (C=O) groups excluding carboxylic acids is 2. The van der Waals surface area contributed by atoms with Crippen LogP contribution >= 0.6 is 0 Å². The van der Waals surface area contributed by atoms with Gasteiger partial charge in [-0.05, 0) is 26.0 Å². The molecule has 3 aliphatic carbocycles. The van der Waals surface area contributed by atoms with Crippen LogP contribution in [0.5, 0.6) is 0 Å². The molecule has 0 aromatic carbocycles. The quantitative estimate of drug-likeness (QED) is 0.675. The van der Waals surface area contributed by atoms with Crippen molar-refractivity contribution in [3.05, 3.63) is 70.1 Å². The summed E-state index contributed by atoms with van der Waals surface area (Å²) >= 11 is 0. The van der Waals surface area contributed by atoms with E-state index in [4.69, 9.17) is 9.98 Å². The number of allylic oxidation sites excluding steroid dienone is 10. The third kappa shape index (κ3) is 2.15. The summed E-state index contributed by atoms with van der Waals surface area (Å²) < 4.78 is 0. The van der Waals surface area contributed by atoms with Crippen LogP contribution in [0.2, 0.25) is 0 Å². The minimum Gasteiger partial charge on any atom is -0.293 e. The molecule has 2 heterocycles. The molecule has 2 aliphatic heterocycles. The number of rotatable bonds is 0. The third-order valence-electron chi connectivity index (χ3n) is 5.60. The Balaban J connectivity index is 1.55. The van der Waals surface area contributed by atoms with E-state index in [1.165, 1.54) is 0 Å². The molecule has 4 nitrogen and oxygen atoms in total. The molecule has 2 unspecified atom stereocenters. The van der Waals surface area contributed by atoms with Crippen LogP contribution < -0.4 is 0 Å². The van der Waals surface area contributed by atoms with Gasteiger partial charge in [0.1, 0.15) is 0 Å². The summed E-state index contributed by atoms with van der Waals surface area (Å²) in [6.07, 6.45) is 12.6. The molecule has 0 aromatic heterocycles. The van der Waals surface area contributed by atoms with E-state index in [-0.39, 0.29) is 23.4 Å². The second kappa shape index (κ2) is 5.31. The van der Waals surface area contributed by atoms with Crippen LogP contribution in [0.1, 0.15) is 26.7 Å². The van der Waals surface area contributed by atoms with Crippen LogP contribution in [0.15, 0.2) is 80.1 Å². The van der Waals surface area contributed by atoms with E-state index < -0.39 is 0 Å². The van der Waals surface area contributed by atoms with Gasteiger partial charge in [0.25, 0.3) is 0 Å². The van der Waals surface area contributed by atoms with Crippen molar-refractivity contribution in [2.75, 3.05) is 0 Å². The normalized spacial score (nSPS) is 29.3. The smallest absolute Gasteiger partial charge is 0.173 e. The molecular formula is C22H18N2O2. The molecule has 0 saturated heterocycles. The number of nitrogens with zero attached hydrogens (tertiary/aromatic N) is 2. The maximum absolute atomic E-state index is 13.0. The van der Waals surface area contributed by atoms with E-state index in [0.717, 1.165) is 45.1 Å². The number of fused-ring (bicyclic) bond motifs is 2. The predicted molar refractivity (Wildman–Crippen MR) is 101 cm³/mol. The number of aliphatic imine (C=N–C) groups is 2. The lowest BCUT2D eigenvalue weighted by molar-refractivity contribution is -0.118. The Morgan fingerprint density at radius 1 is 0.731 bits per heavy atom. The lowest BCUT2D eigenvalue weighted by Gasteiger charge is -2.32. The topological polar surface area (TPSA) is 58.9 Å². The number of carbonyl (C=O) groups is 2. The zero-order chi connectivity index (χ0) is 18.0. The van der Waals surface area contributed by atoms with E-state index in [2.05, 4.69) is 0 Å². The molecule has 0 aromatic rings. The second-order valence-corrected chi connectivity index (χ2v) is 7.45. The molecule has 5 rings (SSSR count). The van der Waals surface area contributed by atoms with Crippen LogP contribution in [0.25, 0.3) is 0 Å². The molecule has 0 fully saturated rings. The van der Waals surface area contributed by atoms with Crippen molar-refractivity contribution >= 4 is 23.0 Å². The number of ketones is 2. The zero-order valence-electron chi connectivity index (χ0n) is 14.7. The Morgan fingerprint density at radius 2 is 1.15 bits per heavy atom. The first-order valence-corrected chi connectivity index (χ1v) is 8.94. The first kappa shape index (κ1) is 15.4. The maximum Gasteiger partial charge on any atom is 0.173 e. The Bertz CT molecular complexity index is 954. The predicted octanol–water partition coefficient (Wildman–Crippen LogP) is 3.60. The molecule has 0 amide bonds. The first-order chi connectivity index (χ1) is 12.5. The highest BCUT2D eigenvalue weighted by Gasteiger charge is 2.40. The van der Waals surface area contributed by atoms with Gasteiger partial charge in [0.2, 0.25) is 0 Å². The highest BCUT2D eigenvalue weighted by atomic mass is 16.1. The Kier molecular flexibility index (Phi) is 3.14. The summed E-state index contributed by atoms with van der Waals surface area (Å²) in [7, 11) is 0. The van der Waals surface area contributed by atoms with Crippen molar-refractivity contribution < 1.29 is 9.59 Å². The number of hydrogen-bond donors (Lipinski definition) is 0. The highest BCUT2D eigenvalue weighted by Crippen LogP contribution is 2.41. The van der Waals surface area contributed by atoms with Crippen LogP contribution in [0.3, 0.4) is 0 Å². The molecule has 0 saturated carbocycles. The van der Waals surface area contributed by atoms with E-state index >= 15 is 0 Å². The maximum atomic E-state index is 13.0. The van der Waals surface area contributed by atoms with Gasteiger partial charge in [-0.1, -0.05) is 35.5 Å². The van der Waals surface area contributed by atoms with E-state index in [1.54, 1.807) is 0 Å². The molecule has 4 heteroatoms.